The summed E-state index contributed by atoms with van der Waals surface area (Å²) in [5, 5.41) is 10.3. The molecular weight excluding hydrogens is 191 g/mol. The minimum atomic E-state index is -0.839. The second kappa shape index (κ2) is 3.17. The molecule has 0 atom stereocenters. The number of aromatic nitrogens is 2. The van der Waals surface area contributed by atoms with Gasteiger partial charge in [0.2, 0.25) is 5.95 Å². The second-order valence-electron chi connectivity index (χ2n) is 3.00. The molecule has 0 aromatic carbocycles. The lowest BCUT2D eigenvalue weighted by Gasteiger charge is -2.33. The zero-order chi connectivity index (χ0) is 10.1. The van der Waals surface area contributed by atoms with Crippen LogP contribution in [-0.2, 0) is 0 Å². The van der Waals surface area contributed by atoms with Crippen molar-refractivity contribution in [2.24, 2.45) is 0 Å². The first-order chi connectivity index (χ1) is 6.66. The molecule has 2 rings (SSSR count). The molecule has 1 fully saturated rings. The number of nitrogens with zero attached hydrogens (tertiary/aromatic N) is 4. The standard InChI is InChI=1S/C7H7FN4O2/c8-5-3-11(4-5)7-9-1-6(2-10-7)12(13)14/h1-2,5H,3-4H2. The topological polar surface area (TPSA) is 72.2 Å². The Morgan fingerprint density at radius 1 is 1.50 bits per heavy atom. The summed E-state index contributed by atoms with van der Waals surface area (Å²) in [6.07, 6.45) is 1.40. The van der Waals surface area contributed by atoms with Crippen LogP contribution >= 0.6 is 0 Å². The Hall–Kier alpha value is -1.79. The minimum Gasteiger partial charge on any atom is -0.335 e. The highest BCUT2D eigenvalue weighted by Gasteiger charge is 2.28. The molecule has 0 radical (unpaired) electrons. The summed E-state index contributed by atoms with van der Waals surface area (Å²) in [5.41, 5.74) is -0.161. The van der Waals surface area contributed by atoms with E-state index in [4.69, 9.17) is 0 Å². The Kier molecular flexibility index (Phi) is 1.99. The van der Waals surface area contributed by atoms with Crippen molar-refractivity contribution in [3.63, 3.8) is 0 Å². The van der Waals surface area contributed by atoms with E-state index >= 15 is 0 Å². The van der Waals surface area contributed by atoms with Gasteiger partial charge in [0.25, 0.3) is 0 Å². The first kappa shape index (κ1) is 8.79. The van der Waals surface area contributed by atoms with Gasteiger partial charge >= 0.3 is 5.69 Å². The monoisotopic (exact) mass is 198 g/mol. The van der Waals surface area contributed by atoms with E-state index in [9.17, 15) is 14.5 Å². The highest BCUT2D eigenvalue weighted by molar-refractivity contribution is 5.37. The third-order valence-electron chi connectivity index (χ3n) is 1.96. The number of hydrogen-bond donors (Lipinski definition) is 0. The van der Waals surface area contributed by atoms with Gasteiger partial charge in [-0.15, -0.1) is 0 Å². The fourth-order valence-electron chi connectivity index (χ4n) is 1.16. The lowest BCUT2D eigenvalue weighted by atomic mass is 10.2. The Morgan fingerprint density at radius 2 is 2.07 bits per heavy atom. The molecular formula is C7H7FN4O2. The van der Waals surface area contributed by atoms with Crippen LogP contribution in [-0.4, -0.2) is 34.2 Å². The first-order valence-corrected chi connectivity index (χ1v) is 4.02. The van der Waals surface area contributed by atoms with Crippen molar-refractivity contribution in [2.75, 3.05) is 18.0 Å². The normalized spacial score (nSPS) is 16.5. The van der Waals surface area contributed by atoms with Crippen LogP contribution in [0.3, 0.4) is 0 Å². The number of nitro groups is 1. The molecule has 7 heteroatoms. The van der Waals surface area contributed by atoms with Crippen molar-refractivity contribution in [3.05, 3.63) is 22.5 Å². The Morgan fingerprint density at radius 3 is 2.50 bits per heavy atom. The SMILES string of the molecule is O=[N+]([O-])c1cnc(N2CC(F)C2)nc1. The van der Waals surface area contributed by atoms with Crippen LogP contribution in [0.25, 0.3) is 0 Å². The summed E-state index contributed by atoms with van der Waals surface area (Å²) in [6.45, 7) is 0.523. The molecule has 74 valence electrons. The van der Waals surface area contributed by atoms with E-state index in [2.05, 4.69) is 9.97 Å². The Bertz CT molecular complexity index is 349. The third-order valence-corrected chi connectivity index (χ3v) is 1.96. The van der Waals surface area contributed by atoms with Gasteiger partial charge in [0, 0.05) is 0 Å². The van der Waals surface area contributed by atoms with Crippen LogP contribution in [0.1, 0.15) is 0 Å². The fraction of sp³-hybridized carbons (Fsp3) is 0.429. The van der Waals surface area contributed by atoms with Gasteiger partial charge in [0.1, 0.15) is 18.6 Å². The van der Waals surface area contributed by atoms with Gasteiger partial charge in [-0.1, -0.05) is 0 Å². The lowest BCUT2D eigenvalue weighted by Crippen LogP contribution is -2.49. The predicted molar refractivity (Wildman–Crippen MR) is 45.8 cm³/mol. The van der Waals surface area contributed by atoms with Crippen LogP contribution in [0, 0.1) is 10.1 Å². The fourth-order valence-corrected chi connectivity index (χ4v) is 1.16. The highest BCUT2D eigenvalue weighted by Crippen LogP contribution is 2.18. The van der Waals surface area contributed by atoms with Crippen LogP contribution in [0.2, 0.25) is 0 Å². The summed E-state index contributed by atoms with van der Waals surface area (Å²) in [5.74, 6) is 0.338. The first-order valence-electron chi connectivity index (χ1n) is 4.02. The van der Waals surface area contributed by atoms with Crippen LogP contribution in [0.15, 0.2) is 12.4 Å². The van der Waals surface area contributed by atoms with Crippen molar-refractivity contribution in [1.82, 2.24) is 9.97 Å². The van der Waals surface area contributed by atoms with Gasteiger partial charge in [-0.05, 0) is 0 Å². The van der Waals surface area contributed by atoms with Gasteiger partial charge in [-0.3, -0.25) is 10.1 Å². The Labute approximate surface area is 78.5 Å². The van der Waals surface area contributed by atoms with Crippen LogP contribution in [0.4, 0.5) is 16.0 Å². The van der Waals surface area contributed by atoms with E-state index in [1.807, 2.05) is 0 Å². The van der Waals surface area contributed by atoms with Gasteiger partial charge in [-0.2, -0.15) is 0 Å². The van der Waals surface area contributed by atoms with E-state index in [1.165, 1.54) is 0 Å². The molecule has 0 bridgehead atoms. The third kappa shape index (κ3) is 1.48. The minimum absolute atomic E-state index is 0.161. The van der Waals surface area contributed by atoms with E-state index in [0.29, 0.717) is 5.95 Å². The van der Waals surface area contributed by atoms with Gasteiger partial charge in [0.05, 0.1) is 18.0 Å². The van der Waals surface area contributed by atoms with Gasteiger partial charge in [0.15, 0.2) is 0 Å². The van der Waals surface area contributed by atoms with Crippen molar-refractivity contribution in [3.8, 4) is 0 Å². The molecule has 0 saturated carbocycles. The van der Waals surface area contributed by atoms with Crippen LogP contribution < -0.4 is 4.90 Å². The molecule has 0 aliphatic carbocycles. The number of hydrogen-bond acceptors (Lipinski definition) is 5. The molecule has 1 aliphatic rings. The van der Waals surface area contributed by atoms with Crippen molar-refractivity contribution < 1.29 is 9.31 Å². The largest absolute Gasteiger partial charge is 0.335 e. The molecule has 0 amide bonds. The summed E-state index contributed by atoms with van der Waals surface area (Å²) >= 11 is 0. The summed E-state index contributed by atoms with van der Waals surface area (Å²) in [4.78, 5) is 18.8. The molecule has 1 aromatic heterocycles. The van der Waals surface area contributed by atoms with Crippen molar-refractivity contribution in [1.29, 1.82) is 0 Å². The van der Waals surface area contributed by atoms with E-state index < -0.39 is 11.1 Å². The number of alkyl halides is 1. The van der Waals surface area contributed by atoms with Crippen LogP contribution in [0.5, 0.6) is 0 Å². The maximum absolute atomic E-state index is 12.5. The molecule has 2 heterocycles. The van der Waals surface area contributed by atoms with E-state index in [1.54, 1.807) is 4.90 Å². The van der Waals surface area contributed by atoms with Gasteiger partial charge in [-0.25, -0.2) is 14.4 Å². The smallest absolute Gasteiger partial charge is 0.305 e. The maximum Gasteiger partial charge on any atom is 0.305 e. The lowest BCUT2D eigenvalue weighted by molar-refractivity contribution is -0.385. The quantitative estimate of drug-likeness (QED) is 0.512. The van der Waals surface area contributed by atoms with Gasteiger partial charge < -0.3 is 4.90 Å². The second-order valence-corrected chi connectivity index (χ2v) is 3.00. The zero-order valence-electron chi connectivity index (χ0n) is 7.13. The number of halogens is 1. The molecule has 1 aliphatic heterocycles. The summed E-state index contributed by atoms with van der Waals surface area (Å²) in [6, 6.07) is 0. The predicted octanol–water partition coefficient (Wildman–Crippen LogP) is 0.543. The number of rotatable bonds is 2. The average Bonchev–Trinajstić information content (AvgIpc) is 2.13. The van der Waals surface area contributed by atoms with Crippen molar-refractivity contribution >= 4 is 11.6 Å². The molecule has 0 N–H and O–H groups in total. The molecule has 0 spiro atoms. The average molecular weight is 198 g/mol. The molecule has 0 unspecified atom stereocenters. The molecule has 1 saturated heterocycles. The molecule has 1 aromatic rings. The van der Waals surface area contributed by atoms with Crippen molar-refractivity contribution in [2.45, 2.75) is 6.17 Å². The van der Waals surface area contributed by atoms with E-state index in [-0.39, 0.29) is 18.8 Å². The molecule has 14 heavy (non-hydrogen) atoms. The number of anilines is 1. The zero-order valence-corrected chi connectivity index (χ0v) is 7.13. The summed E-state index contributed by atoms with van der Waals surface area (Å²) < 4.78 is 12.5. The highest BCUT2D eigenvalue weighted by atomic mass is 19.1. The van der Waals surface area contributed by atoms with E-state index in [0.717, 1.165) is 12.4 Å². The molecule has 6 nitrogen and oxygen atoms in total. The summed E-state index contributed by atoms with van der Waals surface area (Å²) in [7, 11) is 0. The maximum atomic E-state index is 12.5. The Balaban J connectivity index is 2.10.